The molecular formula is C27H26Cl2N4O4S. The van der Waals surface area contributed by atoms with Crippen molar-refractivity contribution >= 4 is 62.8 Å². The van der Waals surface area contributed by atoms with Crippen LogP contribution in [0.2, 0.25) is 5.02 Å². The van der Waals surface area contributed by atoms with Gasteiger partial charge in [0.25, 0.3) is 10.0 Å². The van der Waals surface area contributed by atoms with E-state index in [1.807, 2.05) is 6.07 Å². The summed E-state index contributed by atoms with van der Waals surface area (Å²) in [6, 6.07) is 14.1. The van der Waals surface area contributed by atoms with Gasteiger partial charge in [-0.25, -0.2) is 13.3 Å². The third kappa shape index (κ3) is 6.33. The average molecular weight is 574 g/mol. The summed E-state index contributed by atoms with van der Waals surface area (Å²) in [5, 5.41) is 0.384. The Kier molecular flexibility index (Phi) is 9.50. The van der Waals surface area contributed by atoms with Gasteiger partial charge in [0.2, 0.25) is 5.91 Å². The summed E-state index contributed by atoms with van der Waals surface area (Å²) in [4.78, 5) is 34.3. The Morgan fingerprint density at radius 1 is 1.16 bits per heavy atom. The molecule has 1 saturated heterocycles. The first-order valence-corrected chi connectivity index (χ1v) is 13.5. The average Bonchev–Trinajstić information content (AvgIpc) is 3.34. The lowest BCUT2D eigenvalue weighted by molar-refractivity contribution is -0.118. The van der Waals surface area contributed by atoms with E-state index < -0.39 is 10.0 Å². The molecule has 2 aromatic carbocycles. The van der Waals surface area contributed by atoms with Gasteiger partial charge in [-0.05, 0) is 49.6 Å². The fourth-order valence-electron chi connectivity index (χ4n) is 4.14. The molecule has 1 amide bonds. The van der Waals surface area contributed by atoms with E-state index in [1.54, 1.807) is 42.3 Å². The smallest absolute Gasteiger partial charge is 0.264 e. The summed E-state index contributed by atoms with van der Waals surface area (Å²) in [5.74, 6) is -0.215. The summed E-state index contributed by atoms with van der Waals surface area (Å²) in [6.45, 7) is 9.09. The van der Waals surface area contributed by atoms with E-state index in [9.17, 15) is 18.0 Å². The third-order valence-electron chi connectivity index (χ3n) is 6.24. The van der Waals surface area contributed by atoms with Crippen LogP contribution in [0.15, 0.2) is 65.7 Å². The summed E-state index contributed by atoms with van der Waals surface area (Å²) < 4.78 is 28.3. The van der Waals surface area contributed by atoms with Gasteiger partial charge in [0, 0.05) is 30.1 Å². The van der Waals surface area contributed by atoms with Gasteiger partial charge in [0.05, 0.1) is 35.6 Å². The van der Waals surface area contributed by atoms with Crippen LogP contribution in [-0.2, 0) is 26.0 Å². The summed E-state index contributed by atoms with van der Waals surface area (Å²) in [5.41, 5.74) is 2.57. The van der Waals surface area contributed by atoms with E-state index in [-0.39, 0.29) is 42.0 Å². The Morgan fingerprint density at radius 3 is 2.50 bits per heavy atom. The van der Waals surface area contributed by atoms with E-state index in [1.165, 1.54) is 24.3 Å². The van der Waals surface area contributed by atoms with Crippen LogP contribution in [0.25, 0.3) is 4.85 Å². The van der Waals surface area contributed by atoms with Crippen molar-refractivity contribution in [1.82, 2.24) is 4.98 Å². The number of hydrogen-bond acceptors (Lipinski definition) is 5. The van der Waals surface area contributed by atoms with Crippen LogP contribution in [-0.4, -0.2) is 38.2 Å². The highest BCUT2D eigenvalue weighted by molar-refractivity contribution is 7.92. The molecule has 8 nitrogen and oxygen atoms in total. The first kappa shape index (κ1) is 29.1. The minimum Gasteiger partial charge on any atom is -0.311 e. The Morgan fingerprint density at radius 2 is 1.89 bits per heavy atom. The lowest BCUT2D eigenvalue weighted by Gasteiger charge is -2.26. The van der Waals surface area contributed by atoms with E-state index in [4.69, 9.17) is 18.2 Å². The first-order chi connectivity index (χ1) is 17.7. The zero-order chi connectivity index (χ0) is 26.6. The highest BCUT2D eigenvalue weighted by atomic mass is 35.5. The number of sulfonamides is 1. The van der Waals surface area contributed by atoms with Gasteiger partial charge in [-0.1, -0.05) is 41.9 Å². The number of anilines is 2. The van der Waals surface area contributed by atoms with Crippen LogP contribution < -0.4 is 9.21 Å². The Balaban J connectivity index is 0.00000400. The van der Waals surface area contributed by atoms with Crippen LogP contribution in [0, 0.1) is 13.5 Å². The van der Waals surface area contributed by atoms with E-state index in [0.717, 1.165) is 16.4 Å². The molecule has 0 atom stereocenters. The van der Waals surface area contributed by atoms with E-state index in [2.05, 4.69) is 9.83 Å². The molecule has 0 radical (unpaired) electrons. The van der Waals surface area contributed by atoms with E-state index >= 15 is 0 Å². The fourth-order valence-corrected chi connectivity index (χ4v) is 5.81. The predicted octanol–water partition coefficient (Wildman–Crippen LogP) is 5.54. The molecule has 0 aliphatic carbocycles. The van der Waals surface area contributed by atoms with Gasteiger partial charge in [-0.2, -0.15) is 0 Å². The topological polar surface area (TPSA) is 92.0 Å². The van der Waals surface area contributed by atoms with Gasteiger partial charge in [0.1, 0.15) is 0 Å². The first-order valence-electron chi connectivity index (χ1n) is 11.7. The van der Waals surface area contributed by atoms with Crippen molar-refractivity contribution in [1.29, 1.82) is 0 Å². The molecule has 0 spiro atoms. The van der Waals surface area contributed by atoms with E-state index in [0.29, 0.717) is 47.0 Å². The third-order valence-corrected chi connectivity index (χ3v) is 8.42. The standard InChI is InChI=1S/C27H25ClN4O4S.ClH/c1-19-25(28)5-3-6-26(19)32(37(35,36)24-14-10-20(29-2)11-15-24)18-23(33)13-9-21-8-12-22(17-30-21)31-16-4-7-27(31)34;/h3,5-6,8,10-12,14-15,17H,4,7,9,13,16,18H2,1H3;1H. The predicted molar refractivity (Wildman–Crippen MR) is 150 cm³/mol. The number of hydrogen-bond donors (Lipinski definition) is 0. The number of rotatable bonds is 9. The van der Waals surface area contributed by atoms with Crippen molar-refractivity contribution in [3.63, 3.8) is 0 Å². The Bertz CT molecular complexity index is 1470. The number of carbonyl (C=O) groups is 2. The van der Waals surface area contributed by atoms with Crippen LogP contribution >= 0.6 is 24.0 Å². The molecule has 1 aliphatic heterocycles. The number of aromatic nitrogens is 1. The van der Waals surface area contributed by atoms with Crippen molar-refractivity contribution in [2.45, 2.75) is 37.5 Å². The van der Waals surface area contributed by atoms with Gasteiger partial charge in [-0.15, -0.1) is 12.4 Å². The fraction of sp³-hybridized carbons (Fsp3) is 0.259. The second-order valence-corrected chi connectivity index (χ2v) is 11.0. The van der Waals surface area contributed by atoms with Crippen LogP contribution in [0.1, 0.15) is 30.5 Å². The van der Waals surface area contributed by atoms with Gasteiger partial charge in [0.15, 0.2) is 11.5 Å². The second kappa shape index (κ2) is 12.4. The highest BCUT2D eigenvalue weighted by Crippen LogP contribution is 2.31. The largest absolute Gasteiger partial charge is 0.311 e. The minimum absolute atomic E-state index is 0. The van der Waals surface area contributed by atoms with Crippen molar-refractivity contribution < 1.29 is 18.0 Å². The SMILES string of the molecule is Cl.[C-]#[N+]c1ccc(S(=O)(=O)N(CC(=O)CCc2ccc(N3CCCC3=O)cn2)c2cccc(Cl)c2C)cc1. The molecule has 198 valence electrons. The van der Waals surface area contributed by atoms with Crippen LogP contribution in [0.5, 0.6) is 0 Å². The van der Waals surface area contributed by atoms with Gasteiger partial charge >= 0.3 is 0 Å². The van der Waals surface area contributed by atoms with Crippen molar-refractivity contribution in [2.75, 3.05) is 22.3 Å². The molecule has 0 unspecified atom stereocenters. The van der Waals surface area contributed by atoms with Gasteiger partial charge in [-0.3, -0.25) is 18.9 Å². The lowest BCUT2D eigenvalue weighted by Crippen LogP contribution is -2.36. The Hall–Kier alpha value is -3.45. The van der Waals surface area contributed by atoms with Crippen molar-refractivity contribution in [3.05, 3.63) is 88.5 Å². The van der Waals surface area contributed by atoms with Crippen molar-refractivity contribution in [2.24, 2.45) is 0 Å². The second-order valence-electron chi connectivity index (χ2n) is 8.70. The molecule has 11 heteroatoms. The number of halogens is 2. The molecule has 0 N–H and O–H groups in total. The molecular weight excluding hydrogens is 547 g/mol. The van der Waals surface area contributed by atoms with Gasteiger partial charge < -0.3 is 4.90 Å². The Labute approximate surface area is 233 Å². The quantitative estimate of drug-likeness (QED) is 0.314. The summed E-state index contributed by atoms with van der Waals surface area (Å²) >= 11 is 6.27. The number of pyridine rings is 1. The zero-order valence-corrected chi connectivity index (χ0v) is 23.0. The molecule has 1 fully saturated rings. The molecule has 0 saturated carbocycles. The molecule has 1 aromatic heterocycles. The maximum Gasteiger partial charge on any atom is 0.264 e. The van der Waals surface area contributed by atoms with Crippen molar-refractivity contribution in [3.8, 4) is 0 Å². The normalized spacial score (nSPS) is 13.1. The molecule has 3 aromatic rings. The molecule has 4 rings (SSSR count). The molecule has 0 bridgehead atoms. The minimum atomic E-state index is -4.12. The number of aryl methyl sites for hydroxylation is 1. The number of ketones is 1. The van der Waals surface area contributed by atoms with Crippen LogP contribution in [0.4, 0.5) is 17.1 Å². The molecule has 1 aliphatic rings. The molecule has 38 heavy (non-hydrogen) atoms. The summed E-state index contributed by atoms with van der Waals surface area (Å²) in [6.07, 6.45) is 3.39. The number of carbonyl (C=O) groups excluding carboxylic acids is 2. The number of amides is 1. The monoisotopic (exact) mass is 572 g/mol. The maximum atomic E-state index is 13.6. The van der Waals surface area contributed by atoms with Crippen LogP contribution in [0.3, 0.4) is 0 Å². The number of nitrogens with zero attached hydrogens (tertiary/aromatic N) is 4. The zero-order valence-electron chi connectivity index (χ0n) is 20.6. The maximum absolute atomic E-state index is 13.6. The number of benzene rings is 2. The molecule has 2 heterocycles. The lowest BCUT2D eigenvalue weighted by atomic mass is 10.1. The summed E-state index contributed by atoms with van der Waals surface area (Å²) in [7, 11) is -4.12. The highest BCUT2D eigenvalue weighted by Gasteiger charge is 2.29. The number of Topliss-reactive ketones (excluding diaryl/α,β-unsaturated/α-hetero) is 1.